The number of alkyl halides is 3. The Balaban J connectivity index is 2.50. The molecule has 0 aliphatic heterocycles. The normalized spacial score (nSPS) is 11.2. The van der Waals surface area contributed by atoms with E-state index in [-0.39, 0.29) is 17.6 Å². The molecule has 0 saturated carbocycles. The molecule has 0 saturated heterocycles. The van der Waals surface area contributed by atoms with Gasteiger partial charge < -0.3 is 10.6 Å². The first-order valence-electron chi connectivity index (χ1n) is 4.46. The fourth-order valence-corrected chi connectivity index (χ4v) is 1.62. The Labute approximate surface area is 93.9 Å². The van der Waals surface area contributed by atoms with Gasteiger partial charge in [-0.05, 0) is 6.92 Å². The second-order valence-corrected chi connectivity index (χ2v) is 3.70. The van der Waals surface area contributed by atoms with Crippen molar-refractivity contribution >= 4 is 22.4 Å². The summed E-state index contributed by atoms with van der Waals surface area (Å²) in [5.74, 6) is -0.286. The highest BCUT2D eigenvalue weighted by atomic mass is 32.1. The smallest absolute Gasteiger partial charge is 0.355 e. The number of likely N-dealkylation sites (N-methyl/N-ethyl adjacent to an activating group) is 1. The number of thiazole rings is 1. The molecule has 2 N–H and O–H groups in total. The summed E-state index contributed by atoms with van der Waals surface area (Å²) in [6.45, 7) is 2.15. The van der Waals surface area contributed by atoms with Gasteiger partial charge in [0, 0.05) is 11.9 Å². The first kappa shape index (κ1) is 12.8. The van der Waals surface area contributed by atoms with Crippen LogP contribution in [0, 0.1) is 0 Å². The highest BCUT2D eigenvalue weighted by Gasteiger charge is 2.33. The van der Waals surface area contributed by atoms with Gasteiger partial charge in [0.05, 0.1) is 6.54 Å². The molecule has 8 heteroatoms. The largest absolute Gasteiger partial charge is 0.434 e. The van der Waals surface area contributed by atoms with E-state index >= 15 is 0 Å². The van der Waals surface area contributed by atoms with Crippen LogP contribution in [0.1, 0.15) is 12.6 Å². The van der Waals surface area contributed by atoms with Gasteiger partial charge in [-0.3, -0.25) is 4.79 Å². The van der Waals surface area contributed by atoms with Gasteiger partial charge in [-0.2, -0.15) is 13.2 Å². The molecule has 0 unspecified atom stereocenters. The van der Waals surface area contributed by atoms with Crippen molar-refractivity contribution < 1.29 is 18.0 Å². The number of rotatable bonds is 4. The molecule has 1 heterocycles. The molecular formula is C8H10F3N3OS. The molecular weight excluding hydrogens is 243 g/mol. The summed E-state index contributed by atoms with van der Waals surface area (Å²) in [5.41, 5.74) is -0.948. The first-order valence-corrected chi connectivity index (χ1v) is 5.34. The molecule has 90 valence electrons. The fourth-order valence-electron chi connectivity index (χ4n) is 0.901. The molecule has 0 aliphatic rings. The number of anilines is 1. The average Bonchev–Trinajstić information content (AvgIpc) is 2.63. The van der Waals surface area contributed by atoms with E-state index in [0.29, 0.717) is 6.54 Å². The highest BCUT2D eigenvalue weighted by molar-refractivity contribution is 7.13. The maximum atomic E-state index is 12.2. The Kier molecular flexibility index (Phi) is 4.11. The average molecular weight is 253 g/mol. The summed E-state index contributed by atoms with van der Waals surface area (Å²) in [6, 6.07) is 0. The van der Waals surface area contributed by atoms with Crippen LogP contribution in [0.3, 0.4) is 0 Å². The Morgan fingerprint density at radius 2 is 2.25 bits per heavy atom. The van der Waals surface area contributed by atoms with Crippen molar-refractivity contribution in [3.63, 3.8) is 0 Å². The van der Waals surface area contributed by atoms with Crippen LogP contribution in [0.5, 0.6) is 0 Å². The van der Waals surface area contributed by atoms with Gasteiger partial charge in [-0.1, -0.05) is 0 Å². The lowest BCUT2D eigenvalue weighted by Gasteiger charge is -2.03. The molecule has 1 aromatic rings. The van der Waals surface area contributed by atoms with E-state index < -0.39 is 11.9 Å². The second-order valence-electron chi connectivity index (χ2n) is 2.84. The molecule has 1 amide bonds. The minimum absolute atomic E-state index is 0.0820. The van der Waals surface area contributed by atoms with Crippen LogP contribution in [0.25, 0.3) is 0 Å². The van der Waals surface area contributed by atoms with E-state index in [4.69, 9.17) is 0 Å². The summed E-state index contributed by atoms with van der Waals surface area (Å²) < 4.78 is 36.5. The van der Waals surface area contributed by atoms with Crippen molar-refractivity contribution in [1.82, 2.24) is 10.3 Å². The summed E-state index contributed by atoms with van der Waals surface area (Å²) in [5, 5.41) is 6.01. The first-order chi connectivity index (χ1) is 7.43. The third-order valence-electron chi connectivity index (χ3n) is 1.57. The third kappa shape index (κ3) is 3.69. The third-order valence-corrected chi connectivity index (χ3v) is 2.37. The van der Waals surface area contributed by atoms with Crippen molar-refractivity contribution in [2.24, 2.45) is 0 Å². The lowest BCUT2D eigenvalue weighted by Crippen LogP contribution is -2.29. The van der Waals surface area contributed by atoms with E-state index in [1.54, 1.807) is 6.92 Å². The Morgan fingerprint density at radius 3 is 2.75 bits per heavy atom. The van der Waals surface area contributed by atoms with Crippen LogP contribution in [-0.4, -0.2) is 24.0 Å². The van der Waals surface area contributed by atoms with Gasteiger partial charge in [0.15, 0.2) is 10.8 Å². The minimum atomic E-state index is -4.44. The Hall–Kier alpha value is -1.31. The Morgan fingerprint density at radius 1 is 1.56 bits per heavy atom. The zero-order valence-corrected chi connectivity index (χ0v) is 9.21. The number of amides is 1. The molecule has 16 heavy (non-hydrogen) atoms. The topological polar surface area (TPSA) is 54.0 Å². The number of hydrogen-bond donors (Lipinski definition) is 2. The number of hydrogen-bond acceptors (Lipinski definition) is 4. The highest BCUT2D eigenvalue weighted by Crippen LogP contribution is 2.31. The number of halogens is 3. The zero-order valence-electron chi connectivity index (χ0n) is 8.39. The van der Waals surface area contributed by atoms with Gasteiger partial charge in [-0.25, -0.2) is 4.98 Å². The minimum Gasteiger partial charge on any atom is -0.355 e. The second kappa shape index (κ2) is 5.15. The van der Waals surface area contributed by atoms with Crippen LogP contribution in [0.2, 0.25) is 0 Å². The maximum absolute atomic E-state index is 12.2. The SMILES string of the molecule is CCNC(=O)CNc1nc(C(F)(F)F)cs1. The van der Waals surface area contributed by atoms with Crippen LogP contribution >= 0.6 is 11.3 Å². The van der Waals surface area contributed by atoms with Gasteiger partial charge >= 0.3 is 6.18 Å². The molecule has 0 radical (unpaired) electrons. The van der Waals surface area contributed by atoms with E-state index in [0.717, 1.165) is 16.7 Å². The summed E-state index contributed by atoms with van der Waals surface area (Å²) >= 11 is 0.814. The van der Waals surface area contributed by atoms with Crippen molar-refractivity contribution in [2.75, 3.05) is 18.4 Å². The summed E-state index contributed by atoms with van der Waals surface area (Å²) in [7, 11) is 0. The molecule has 0 bridgehead atoms. The van der Waals surface area contributed by atoms with Crippen LogP contribution in [-0.2, 0) is 11.0 Å². The van der Waals surface area contributed by atoms with E-state index in [2.05, 4.69) is 15.6 Å². The standard InChI is InChI=1S/C8H10F3N3OS/c1-2-12-6(15)3-13-7-14-5(4-16-7)8(9,10)11/h4H,2-3H2,1H3,(H,12,15)(H,13,14). The predicted octanol–water partition coefficient (Wildman–Crippen LogP) is 1.71. The number of nitrogens with one attached hydrogen (secondary N) is 2. The van der Waals surface area contributed by atoms with Crippen LogP contribution in [0.4, 0.5) is 18.3 Å². The number of carbonyl (C=O) groups is 1. The van der Waals surface area contributed by atoms with E-state index in [1.807, 2.05) is 0 Å². The number of carbonyl (C=O) groups excluding carboxylic acids is 1. The van der Waals surface area contributed by atoms with Gasteiger partial charge in [0.2, 0.25) is 5.91 Å². The van der Waals surface area contributed by atoms with Gasteiger partial charge in [0.1, 0.15) is 0 Å². The molecule has 0 fully saturated rings. The lowest BCUT2D eigenvalue weighted by atomic mass is 10.5. The number of aromatic nitrogens is 1. The quantitative estimate of drug-likeness (QED) is 0.859. The maximum Gasteiger partial charge on any atom is 0.434 e. The zero-order chi connectivity index (χ0) is 12.2. The molecule has 1 aromatic heterocycles. The fraction of sp³-hybridized carbons (Fsp3) is 0.500. The monoisotopic (exact) mass is 253 g/mol. The van der Waals surface area contributed by atoms with Crippen molar-refractivity contribution in [3.05, 3.63) is 11.1 Å². The van der Waals surface area contributed by atoms with Gasteiger partial charge in [-0.15, -0.1) is 11.3 Å². The van der Waals surface area contributed by atoms with Crippen LogP contribution in [0.15, 0.2) is 5.38 Å². The van der Waals surface area contributed by atoms with Gasteiger partial charge in [0.25, 0.3) is 0 Å². The predicted molar refractivity (Wildman–Crippen MR) is 54.3 cm³/mol. The number of nitrogens with zero attached hydrogens (tertiary/aromatic N) is 1. The molecule has 0 aromatic carbocycles. The Bertz CT molecular complexity index is 364. The summed E-state index contributed by atoms with van der Waals surface area (Å²) in [6.07, 6.45) is -4.44. The van der Waals surface area contributed by atoms with Crippen molar-refractivity contribution in [1.29, 1.82) is 0 Å². The van der Waals surface area contributed by atoms with E-state index in [9.17, 15) is 18.0 Å². The molecule has 0 aliphatic carbocycles. The summed E-state index contributed by atoms with van der Waals surface area (Å²) in [4.78, 5) is 14.3. The molecule has 0 atom stereocenters. The van der Waals surface area contributed by atoms with Crippen molar-refractivity contribution in [3.8, 4) is 0 Å². The molecule has 0 spiro atoms. The molecule has 4 nitrogen and oxygen atoms in total. The lowest BCUT2D eigenvalue weighted by molar-refractivity contribution is -0.140. The van der Waals surface area contributed by atoms with Crippen molar-refractivity contribution in [2.45, 2.75) is 13.1 Å². The van der Waals surface area contributed by atoms with E-state index in [1.165, 1.54) is 0 Å². The van der Waals surface area contributed by atoms with Crippen LogP contribution < -0.4 is 10.6 Å². The molecule has 1 rings (SSSR count).